The van der Waals surface area contributed by atoms with Gasteiger partial charge >= 0.3 is 11.7 Å². The lowest BCUT2D eigenvalue weighted by molar-refractivity contribution is -0.142. The van der Waals surface area contributed by atoms with Gasteiger partial charge in [-0.3, -0.25) is 18.9 Å². The van der Waals surface area contributed by atoms with Crippen molar-refractivity contribution in [3.05, 3.63) is 70.7 Å². The predicted octanol–water partition coefficient (Wildman–Crippen LogP) is 4.34. The maximum atomic E-state index is 13.8. The van der Waals surface area contributed by atoms with Crippen LogP contribution in [0.4, 0.5) is 0 Å². The number of carbonyl (C=O) groups is 1. The molecule has 3 aromatic heterocycles. The van der Waals surface area contributed by atoms with E-state index in [1.807, 2.05) is 42.6 Å². The summed E-state index contributed by atoms with van der Waals surface area (Å²) in [6, 6.07) is 11.5. The van der Waals surface area contributed by atoms with E-state index in [4.69, 9.17) is 0 Å². The summed E-state index contributed by atoms with van der Waals surface area (Å²) in [6.45, 7) is 4.52. The highest BCUT2D eigenvalue weighted by molar-refractivity contribution is 5.71. The molecular formula is C28H33N7O3. The van der Waals surface area contributed by atoms with Crippen LogP contribution in [-0.2, 0) is 17.8 Å². The van der Waals surface area contributed by atoms with Crippen molar-refractivity contribution in [2.75, 3.05) is 0 Å². The highest BCUT2D eigenvalue weighted by Gasteiger charge is 2.41. The van der Waals surface area contributed by atoms with Crippen molar-refractivity contribution >= 4 is 5.97 Å². The molecule has 1 aliphatic rings. The lowest BCUT2D eigenvalue weighted by Gasteiger charge is -2.22. The molecule has 0 bridgehead atoms. The van der Waals surface area contributed by atoms with Crippen molar-refractivity contribution in [1.29, 1.82) is 0 Å². The van der Waals surface area contributed by atoms with Crippen LogP contribution in [0.15, 0.2) is 53.6 Å². The van der Waals surface area contributed by atoms with E-state index >= 15 is 0 Å². The Morgan fingerprint density at radius 2 is 1.95 bits per heavy atom. The molecule has 2 N–H and O–H groups in total. The minimum Gasteiger partial charge on any atom is -0.481 e. The van der Waals surface area contributed by atoms with Crippen LogP contribution in [-0.4, -0.2) is 45.8 Å². The number of aryl methyl sites for hydroxylation is 1. The third kappa shape index (κ3) is 5.03. The summed E-state index contributed by atoms with van der Waals surface area (Å²) in [5.74, 6) is -0.665. The zero-order valence-corrected chi connectivity index (χ0v) is 21.7. The molecule has 5 rings (SSSR count). The Hall–Kier alpha value is -4.08. The molecule has 1 aliphatic carbocycles. The van der Waals surface area contributed by atoms with Gasteiger partial charge in [-0.2, -0.15) is 5.21 Å². The molecule has 0 aliphatic heterocycles. The lowest BCUT2D eigenvalue weighted by Crippen LogP contribution is -2.34. The number of pyridine rings is 1. The summed E-state index contributed by atoms with van der Waals surface area (Å²) >= 11 is 0. The van der Waals surface area contributed by atoms with Gasteiger partial charge in [-0.1, -0.05) is 44.9 Å². The van der Waals surface area contributed by atoms with Gasteiger partial charge in [0.2, 0.25) is 5.82 Å². The number of carboxylic acids is 1. The molecule has 1 saturated carbocycles. The van der Waals surface area contributed by atoms with Crippen LogP contribution < -0.4 is 5.69 Å². The highest BCUT2D eigenvalue weighted by atomic mass is 16.4. The Balaban J connectivity index is 1.49. The summed E-state index contributed by atoms with van der Waals surface area (Å²) in [6.07, 6.45) is 8.65. The maximum absolute atomic E-state index is 13.8. The van der Waals surface area contributed by atoms with E-state index in [2.05, 4.69) is 39.5 Å². The predicted molar refractivity (Wildman–Crippen MR) is 142 cm³/mol. The number of carboxylic acid groups (broad SMARTS) is 1. The molecule has 3 heterocycles. The average molecular weight is 516 g/mol. The fraction of sp³-hybridized carbons (Fsp3) is 0.429. The highest BCUT2D eigenvalue weighted by Crippen LogP contribution is 2.42. The third-order valence-electron chi connectivity index (χ3n) is 7.72. The van der Waals surface area contributed by atoms with Crippen LogP contribution in [0.3, 0.4) is 0 Å². The minimum atomic E-state index is -0.821. The molecule has 1 aromatic carbocycles. The molecule has 0 saturated heterocycles. The number of hydrogen-bond acceptors (Lipinski definition) is 6. The number of nitrogens with one attached hydrogen (secondary N) is 1. The molecule has 1 fully saturated rings. The Bertz CT molecular complexity index is 1460. The number of nitrogens with zero attached hydrogens (tertiary/aromatic N) is 6. The SMILES string of the molecule is CCCCc1cn(C2C(CC)CCC2C(=O)O)c(=O)n1Cc1cc(-c2cccc(-c3nn[nH]n3)c2)ccn1. The van der Waals surface area contributed by atoms with Crippen LogP contribution in [0, 0.1) is 11.8 Å². The maximum Gasteiger partial charge on any atom is 0.328 e. The van der Waals surface area contributed by atoms with E-state index in [0.717, 1.165) is 60.2 Å². The largest absolute Gasteiger partial charge is 0.481 e. The number of benzene rings is 1. The van der Waals surface area contributed by atoms with E-state index in [9.17, 15) is 14.7 Å². The van der Waals surface area contributed by atoms with Crippen LogP contribution >= 0.6 is 0 Å². The molecule has 10 heteroatoms. The second-order valence-corrected chi connectivity index (χ2v) is 10.0. The molecule has 0 spiro atoms. The second-order valence-electron chi connectivity index (χ2n) is 10.0. The fourth-order valence-electron chi connectivity index (χ4n) is 5.72. The number of H-pyrrole nitrogens is 1. The van der Waals surface area contributed by atoms with E-state index in [1.54, 1.807) is 15.3 Å². The molecular weight excluding hydrogens is 482 g/mol. The van der Waals surface area contributed by atoms with E-state index < -0.39 is 11.9 Å². The number of unbranched alkanes of at least 4 members (excludes halogenated alkanes) is 1. The van der Waals surface area contributed by atoms with Gasteiger partial charge in [0, 0.05) is 23.7 Å². The second kappa shape index (κ2) is 11.1. The van der Waals surface area contributed by atoms with Crippen LogP contribution in [0.5, 0.6) is 0 Å². The summed E-state index contributed by atoms with van der Waals surface area (Å²) < 4.78 is 3.49. The first-order valence-electron chi connectivity index (χ1n) is 13.3. The first kappa shape index (κ1) is 25.6. The summed E-state index contributed by atoms with van der Waals surface area (Å²) in [5, 5.41) is 24.1. The molecule has 3 atom stereocenters. The molecule has 4 aromatic rings. The number of imidazole rings is 1. The number of rotatable bonds is 10. The van der Waals surface area contributed by atoms with Gasteiger partial charge in [0.25, 0.3) is 0 Å². The van der Waals surface area contributed by atoms with Gasteiger partial charge in [-0.05, 0) is 66.1 Å². The van der Waals surface area contributed by atoms with E-state index in [1.165, 1.54) is 0 Å². The van der Waals surface area contributed by atoms with Crippen molar-refractivity contribution in [2.45, 2.75) is 65.0 Å². The number of tetrazole rings is 1. The first-order valence-corrected chi connectivity index (χ1v) is 13.3. The Morgan fingerprint density at radius 3 is 2.68 bits per heavy atom. The number of aromatic nitrogens is 7. The third-order valence-corrected chi connectivity index (χ3v) is 7.72. The fourth-order valence-corrected chi connectivity index (χ4v) is 5.72. The van der Waals surface area contributed by atoms with Gasteiger partial charge in [0.1, 0.15) is 0 Å². The standard InChI is InChI=1S/C28H33N7O3/c1-3-5-9-23-17-35(25-18(4-2)10-11-24(25)27(36)37)28(38)34(23)16-22-15-20(12-13-29-22)19-7-6-8-21(14-19)26-30-32-33-31-26/h6-8,12-15,17-18,24-25H,3-5,9-11,16H2,1-2H3,(H,36,37)(H,30,31,32,33). The number of hydrogen-bond donors (Lipinski definition) is 2. The number of aliphatic carboxylic acids is 1. The topological polar surface area (TPSA) is 132 Å². The van der Waals surface area contributed by atoms with Crippen LogP contribution in [0.1, 0.15) is 63.4 Å². The smallest absolute Gasteiger partial charge is 0.328 e. The van der Waals surface area contributed by atoms with Crippen molar-refractivity contribution in [1.82, 2.24) is 34.7 Å². The summed E-state index contributed by atoms with van der Waals surface area (Å²) in [5.41, 5.74) is 4.33. The normalized spacial score (nSPS) is 19.2. The van der Waals surface area contributed by atoms with Crippen molar-refractivity contribution in [2.24, 2.45) is 11.8 Å². The molecule has 3 unspecified atom stereocenters. The summed E-state index contributed by atoms with van der Waals surface area (Å²) in [7, 11) is 0. The molecule has 0 amide bonds. The van der Waals surface area contributed by atoms with Gasteiger partial charge in [-0.25, -0.2) is 4.79 Å². The molecule has 198 valence electrons. The lowest BCUT2D eigenvalue weighted by atomic mass is 9.95. The zero-order valence-electron chi connectivity index (χ0n) is 21.7. The average Bonchev–Trinajstić information content (AvgIpc) is 3.68. The quantitative estimate of drug-likeness (QED) is 0.321. The minimum absolute atomic E-state index is 0.154. The molecule has 0 radical (unpaired) electrons. The van der Waals surface area contributed by atoms with E-state index in [0.29, 0.717) is 18.8 Å². The van der Waals surface area contributed by atoms with Gasteiger partial charge in [0.15, 0.2) is 0 Å². The van der Waals surface area contributed by atoms with Gasteiger partial charge in [0.05, 0.1) is 24.2 Å². The monoisotopic (exact) mass is 515 g/mol. The van der Waals surface area contributed by atoms with Crippen LogP contribution in [0.2, 0.25) is 0 Å². The zero-order chi connectivity index (χ0) is 26.6. The van der Waals surface area contributed by atoms with Gasteiger partial charge < -0.3 is 5.11 Å². The molecule has 38 heavy (non-hydrogen) atoms. The van der Waals surface area contributed by atoms with Crippen molar-refractivity contribution < 1.29 is 9.90 Å². The first-order chi connectivity index (χ1) is 18.5. The summed E-state index contributed by atoms with van der Waals surface area (Å²) in [4.78, 5) is 30.4. The van der Waals surface area contributed by atoms with Crippen LogP contribution in [0.25, 0.3) is 22.5 Å². The Morgan fingerprint density at radius 1 is 1.13 bits per heavy atom. The molecule has 10 nitrogen and oxygen atoms in total. The Labute approximate surface area is 220 Å². The van der Waals surface area contributed by atoms with Crippen molar-refractivity contribution in [3.63, 3.8) is 0 Å². The Kier molecular flexibility index (Phi) is 7.48. The van der Waals surface area contributed by atoms with Crippen molar-refractivity contribution in [3.8, 4) is 22.5 Å². The van der Waals surface area contributed by atoms with Gasteiger partial charge in [-0.15, -0.1) is 10.2 Å². The number of aromatic amines is 1. The van der Waals surface area contributed by atoms with E-state index in [-0.39, 0.29) is 17.6 Å².